The number of hydrogen-bond acceptors (Lipinski definition) is 7. The van der Waals surface area contributed by atoms with Gasteiger partial charge in [-0.1, -0.05) is 30.3 Å². The Hall–Kier alpha value is -5.14. The minimum atomic E-state index is -3.19. The number of nitrogens with one attached hydrogen (secondary N) is 3. The average Bonchev–Trinajstić information content (AvgIpc) is 4.01. The van der Waals surface area contributed by atoms with Crippen molar-refractivity contribution < 1.29 is 27.8 Å². The van der Waals surface area contributed by atoms with E-state index in [0.717, 1.165) is 55.4 Å². The van der Waals surface area contributed by atoms with Gasteiger partial charge in [-0.15, -0.1) is 0 Å². The van der Waals surface area contributed by atoms with Crippen LogP contribution in [0, 0.1) is 5.92 Å². The van der Waals surface area contributed by atoms with Crippen LogP contribution in [-0.2, 0) is 26.6 Å². The van der Waals surface area contributed by atoms with Gasteiger partial charge in [0.05, 0.1) is 42.2 Å². The summed E-state index contributed by atoms with van der Waals surface area (Å²) in [7, 11) is 2.75. The molecule has 3 unspecified atom stereocenters. The number of H-pyrrole nitrogens is 2. The highest BCUT2D eigenvalue weighted by Gasteiger charge is 2.52. The first kappa shape index (κ1) is 34.9. The molecule has 13 heteroatoms. The Bertz CT molecular complexity index is 2200. The normalized spacial score (nSPS) is 20.7. The lowest BCUT2D eigenvalue weighted by molar-refractivity contribution is -0.141. The number of aromatic amines is 2. The summed E-state index contributed by atoms with van der Waals surface area (Å²) in [4.78, 5) is 44.2. The third-order valence-corrected chi connectivity index (χ3v) is 11.3. The first-order chi connectivity index (χ1) is 25.6. The third kappa shape index (κ3) is 6.05. The summed E-state index contributed by atoms with van der Waals surface area (Å²) in [6.45, 7) is 2.35. The molecule has 276 valence electrons. The number of carbonyl (C=O) groups is 2. The molecule has 5 N–H and O–H groups in total. The van der Waals surface area contributed by atoms with Crippen molar-refractivity contribution in [3.05, 3.63) is 83.6 Å². The number of imidazole rings is 2. The molecule has 1 aliphatic heterocycles. The Morgan fingerprint density at radius 2 is 1.72 bits per heavy atom. The Labute approximate surface area is 305 Å². The van der Waals surface area contributed by atoms with Gasteiger partial charge in [0.15, 0.2) is 0 Å². The van der Waals surface area contributed by atoms with Crippen molar-refractivity contribution in [1.82, 2.24) is 30.2 Å². The lowest BCUT2D eigenvalue weighted by atomic mass is 9.97. The van der Waals surface area contributed by atoms with Gasteiger partial charge in [-0.2, -0.15) is 8.78 Å². The summed E-state index contributed by atoms with van der Waals surface area (Å²) in [5, 5.41) is 2.66. The molecule has 11 nitrogen and oxygen atoms in total. The van der Waals surface area contributed by atoms with Crippen LogP contribution in [0.4, 0.5) is 13.6 Å². The number of fused-ring (bicyclic) bond motifs is 6. The van der Waals surface area contributed by atoms with Crippen molar-refractivity contribution in [1.29, 1.82) is 0 Å². The van der Waals surface area contributed by atoms with Gasteiger partial charge >= 0.3 is 6.09 Å². The number of nitrogens with two attached hydrogens (primary N) is 1. The largest absolute Gasteiger partial charge is 0.453 e. The number of aromatic nitrogens is 4. The Morgan fingerprint density at radius 1 is 1.00 bits per heavy atom. The molecular formula is C40H43F2N7O4. The van der Waals surface area contributed by atoms with Gasteiger partial charge in [0.1, 0.15) is 17.7 Å². The van der Waals surface area contributed by atoms with E-state index in [9.17, 15) is 9.59 Å². The van der Waals surface area contributed by atoms with Gasteiger partial charge in [-0.25, -0.2) is 14.8 Å². The van der Waals surface area contributed by atoms with Crippen LogP contribution in [0.15, 0.2) is 60.8 Å². The van der Waals surface area contributed by atoms with Crippen molar-refractivity contribution in [3.8, 4) is 33.5 Å². The van der Waals surface area contributed by atoms with E-state index in [1.54, 1.807) is 37.4 Å². The number of alkyl carbamates (subject to hydrolysis) is 1. The number of benzene rings is 3. The number of halogens is 2. The predicted molar refractivity (Wildman–Crippen MR) is 196 cm³/mol. The minimum absolute atomic E-state index is 0.0176. The maximum atomic E-state index is 16.2. The van der Waals surface area contributed by atoms with Crippen LogP contribution in [0.1, 0.15) is 67.8 Å². The fourth-order valence-electron chi connectivity index (χ4n) is 8.51. The summed E-state index contributed by atoms with van der Waals surface area (Å²) >= 11 is 0. The molecule has 3 aromatic carbocycles. The first-order valence-corrected chi connectivity index (χ1v) is 18.2. The number of aryl methyl sites for hydroxylation is 1. The third-order valence-electron chi connectivity index (χ3n) is 11.3. The molecule has 2 aromatic heterocycles. The fraction of sp³-hybridized carbons (Fsp3) is 0.400. The summed E-state index contributed by atoms with van der Waals surface area (Å²) in [6, 6.07) is 14.9. The minimum Gasteiger partial charge on any atom is -0.453 e. The van der Waals surface area contributed by atoms with E-state index >= 15 is 8.78 Å². The SMILES string of the molecule is COC(=O)NC(C(=O)N1C(c2nc3ccc(-c4ccc5c(c4)C(F)(F)c4cc(-c6cnc(CCCCN)[nH]6)ccc4-5)cc3[nH]2)C2CC[C@@H]1C2)[C@@H](C)OC. The molecule has 2 aliphatic carbocycles. The zero-order valence-corrected chi connectivity index (χ0v) is 29.9. The second-order valence-electron chi connectivity index (χ2n) is 14.4. The van der Waals surface area contributed by atoms with Gasteiger partial charge in [-0.05, 0) is 98.0 Å². The average molecular weight is 724 g/mol. The smallest absolute Gasteiger partial charge is 0.407 e. The van der Waals surface area contributed by atoms with E-state index < -0.39 is 24.2 Å². The zero-order chi connectivity index (χ0) is 37.0. The maximum absolute atomic E-state index is 16.2. The number of rotatable bonds is 11. The van der Waals surface area contributed by atoms with E-state index in [1.807, 2.05) is 35.2 Å². The standard InChI is InChI=1S/C40H43F2N7O4/c1-21(52-2)35(48-39(51)53-3)38(50)49-26-11-7-25(16-26)36(49)37-46-31-14-10-23(19-32(31)47-37)22-8-12-27-28-13-9-24(18-30(28)40(41,42)29(27)17-22)33-20-44-34(45-33)6-4-5-15-43/h8-10,12-14,17-21,25-26,35-36H,4-7,11,15-16,43H2,1-3H3,(H,44,45)(H,46,47)(H,48,51)/t21-,25?,26-,35?,36?/m1/s1. The van der Waals surface area contributed by atoms with E-state index in [-0.39, 0.29) is 35.0 Å². The van der Waals surface area contributed by atoms with Gasteiger partial charge < -0.3 is 35.4 Å². The second kappa shape index (κ2) is 13.7. The second-order valence-corrected chi connectivity index (χ2v) is 14.4. The number of amides is 2. The molecule has 3 heterocycles. The monoisotopic (exact) mass is 723 g/mol. The fourth-order valence-corrected chi connectivity index (χ4v) is 8.51. The number of carbonyl (C=O) groups excluding carboxylic acids is 2. The molecule has 2 fully saturated rings. The summed E-state index contributed by atoms with van der Waals surface area (Å²) in [6.07, 6.45) is 5.64. The number of nitrogens with zero attached hydrogens (tertiary/aromatic N) is 3. The topological polar surface area (TPSA) is 151 Å². The lowest BCUT2D eigenvalue weighted by Crippen LogP contribution is -2.56. The summed E-state index contributed by atoms with van der Waals surface area (Å²) in [5.74, 6) is -1.76. The number of ether oxygens (including phenoxy) is 2. The number of piperidine rings is 1. The number of methoxy groups -OCH3 is 2. The van der Waals surface area contributed by atoms with Crippen LogP contribution in [0.2, 0.25) is 0 Å². The number of alkyl halides is 2. The van der Waals surface area contributed by atoms with Crippen molar-refractivity contribution in [2.24, 2.45) is 11.7 Å². The van der Waals surface area contributed by atoms with E-state index in [2.05, 4.69) is 20.3 Å². The van der Waals surface area contributed by atoms with E-state index in [4.69, 9.17) is 20.2 Å². The van der Waals surface area contributed by atoms with E-state index in [1.165, 1.54) is 14.2 Å². The maximum Gasteiger partial charge on any atom is 0.407 e. The lowest BCUT2D eigenvalue weighted by Gasteiger charge is -2.37. The highest BCUT2D eigenvalue weighted by molar-refractivity contribution is 5.89. The molecule has 53 heavy (non-hydrogen) atoms. The van der Waals surface area contributed by atoms with Crippen LogP contribution in [0.25, 0.3) is 44.5 Å². The van der Waals surface area contributed by atoms with Crippen molar-refractivity contribution in [2.45, 2.75) is 75.6 Å². The van der Waals surface area contributed by atoms with Crippen LogP contribution in [-0.4, -0.2) is 75.8 Å². The molecule has 3 aliphatic rings. The molecular weight excluding hydrogens is 680 g/mol. The first-order valence-electron chi connectivity index (χ1n) is 18.2. The van der Waals surface area contributed by atoms with Gasteiger partial charge in [0.25, 0.3) is 5.92 Å². The molecule has 1 saturated carbocycles. The number of hydrogen-bond donors (Lipinski definition) is 4. The molecule has 0 spiro atoms. The van der Waals surface area contributed by atoms with Crippen LogP contribution >= 0.6 is 0 Å². The molecule has 2 bridgehead atoms. The Balaban J connectivity index is 1.06. The Morgan fingerprint density at radius 3 is 2.45 bits per heavy atom. The van der Waals surface area contributed by atoms with Gasteiger partial charge in [0.2, 0.25) is 5.91 Å². The molecule has 2 amide bonds. The predicted octanol–water partition coefficient (Wildman–Crippen LogP) is 6.83. The summed E-state index contributed by atoms with van der Waals surface area (Å²) in [5.41, 5.74) is 10.8. The van der Waals surface area contributed by atoms with Crippen LogP contribution < -0.4 is 11.1 Å². The number of likely N-dealkylation sites (tertiary alicyclic amines) is 1. The zero-order valence-electron chi connectivity index (χ0n) is 29.9. The van der Waals surface area contributed by atoms with Gasteiger partial charge in [0, 0.05) is 36.3 Å². The van der Waals surface area contributed by atoms with Gasteiger partial charge in [-0.3, -0.25) is 4.79 Å². The molecule has 5 aromatic rings. The quantitative estimate of drug-likeness (QED) is 0.109. The van der Waals surface area contributed by atoms with E-state index in [0.29, 0.717) is 45.8 Å². The molecule has 8 rings (SSSR count). The summed E-state index contributed by atoms with van der Waals surface area (Å²) < 4.78 is 42.7. The van der Waals surface area contributed by atoms with Crippen molar-refractivity contribution in [2.75, 3.05) is 20.8 Å². The molecule has 5 atom stereocenters. The van der Waals surface area contributed by atoms with Crippen LogP contribution in [0.3, 0.4) is 0 Å². The Kier molecular flexibility index (Phi) is 9.02. The number of unbranched alkanes of at least 4 members (excludes halogenated alkanes) is 1. The van der Waals surface area contributed by atoms with Crippen molar-refractivity contribution in [3.63, 3.8) is 0 Å². The highest BCUT2D eigenvalue weighted by Crippen LogP contribution is 2.53. The molecule has 1 saturated heterocycles. The van der Waals surface area contributed by atoms with Crippen LogP contribution in [0.5, 0.6) is 0 Å². The van der Waals surface area contributed by atoms with Crippen molar-refractivity contribution >= 4 is 23.0 Å². The molecule has 0 radical (unpaired) electrons. The highest BCUT2D eigenvalue weighted by atomic mass is 19.3.